The van der Waals surface area contributed by atoms with Crippen LogP contribution in [0.15, 0.2) is 0 Å². The van der Waals surface area contributed by atoms with Crippen molar-refractivity contribution in [3.8, 4) is 0 Å². The van der Waals surface area contributed by atoms with Gasteiger partial charge in [0.1, 0.15) is 0 Å². The summed E-state index contributed by atoms with van der Waals surface area (Å²) >= 11 is 0. The summed E-state index contributed by atoms with van der Waals surface area (Å²) in [5.41, 5.74) is 9.78. The predicted molar refractivity (Wildman–Crippen MR) is 40.5 cm³/mol. The summed E-state index contributed by atoms with van der Waals surface area (Å²) in [6, 6.07) is 0. The van der Waals surface area contributed by atoms with Gasteiger partial charge in [0.05, 0.1) is 0 Å². The van der Waals surface area contributed by atoms with Gasteiger partial charge in [-0.15, -0.1) is 0 Å². The highest BCUT2D eigenvalue weighted by Gasteiger charge is 1.66. The molecule has 0 unspecified atom stereocenters. The monoisotopic (exact) mass is 120 g/mol. The largest absolute Gasteiger partial charge is 0.316 e. The van der Waals surface area contributed by atoms with Gasteiger partial charge >= 0.3 is 0 Å². The van der Waals surface area contributed by atoms with Gasteiger partial charge in [-0.05, 0) is 6.92 Å². The molecule has 0 aliphatic heterocycles. The van der Waals surface area contributed by atoms with E-state index in [4.69, 9.17) is 11.5 Å². The van der Waals surface area contributed by atoms with Crippen LogP contribution in [0.5, 0.6) is 0 Å². The molecule has 0 aliphatic carbocycles. The summed E-state index contributed by atoms with van der Waals surface area (Å²) in [5.74, 6) is 0. The van der Waals surface area contributed by atoms with Gasteiger partial charge in [-0.2, -0.15) is 0 Å². The highest BCUT2D eigenvalue weighted by molar-refractivity contribution is 4.28. The van der Waals surface area contributed by atoms with Crippen molar-refractivity contribution in [2.45, 2.75) is 40.8 Å². The van der Waals surface area contributed by atoms with E-state index in [9.17, 15) is 0 Å². The minimum Gasteiger partial charge on any atom is -0.316 e. The van der Waals surface area contributed by atoms with Crippen molar-refractivity contribution in [1.82, 2.24) is 0 Å². The summed E-state index contributed by atoms with van der Waals surface area (Å²) in [6.45, 7) is 9.72. The Morgan fingerprint density at radius 3 is 0.875 bits per heavy atom. The Morgan fingerprint density at radius 1 is 0.875 bits per heavy atom. The average Bonchev–Trinajstić information content (AvgIpc) is 1.75. The Balaban J connectivity index is -0.0000000542. The van der Waals surface area contributed by atoms with Gasteiger partial charge in [-0.25, -0.2) is 0 Å². The van der Waals surface area contributed by atoms with E-state index in [1.54, 1.807) is 6.92 Å². The molecule has 0 radical (unpaired) electrons. The fourth-order valence-electron chi connectivity index (χ4n) is 0. The molecule has 54 valence electrons. The van der Waals surface area contributed by atoms with Crippen LogP contribution in [0.3, 0.4) is 0 Å². The molecule has 0 aromatic rings. The normalized spacial score (nSPS) is 6.00. The molecule has 0 saturated carbocycles. The topological polar surface area (TPSA) is 52.0 Å². The lowest BCUT2D eigenvalue weighted by atomic mass is 10.7. The number of nitrogens with two attached hydrogens (primary N) is 2. The number of hydrogen-bond acceptors (Lipinski definition) is 2. The summed E-state index contributed by atoms with van der Waals surface area (Å²) in [6.07, 6.45) is -0.167. The lowest BCUT2D eigenvalue weighted by molar-refractivity contribution is 0.790. The van der Waals surface area contributed by atoms with Crippen molar-refractivity contribution in [1.29, 1.82) is 0 Å². The molecule has 8 heavy (non-hydrogen) atoms. The van der Waals surface area contributed by atoms with Crippen molar-refractivity contribution in [2.75, 3.05) is 0 Å². The Kier molecular flexibility index (Phi) is 55.7. The first-order chi connectivity index (χ1) is 3.73. The third kappa shape index (κ3) is 22400. The Bertz CT molecular complexity index is 11.2. The zero-order valence-electron chi connectivity index (χ0n) is 6.73. The lowest BCUT2D eigenvalue weighted by Crippen LogP contribution is -2.25. The van der Waals surface area contributed by atoms with E-state index < -0.39 is 0 Å². The highest BCUT2D eigenvalue weighted by Crippen LogP contribution is 1.41. The Morgan fingerprint density at radius 2 is 0.875 bits per heavy atom. The van der Waals surface area contributed by atoms with Gasteiger partial charge in [0, 0.05) is 6.17 Å². The third-order valence-electron chi connectivity index (χ3n) is 0. The molecule has 4 N–H and O–H groups in total. The van der Waals surface area contributed by atoms with Crippen LogP contribution in [0.25, 0.3) is 0 Å². The van der Waals surface area contributed by atoms with Crippen molar-refractivity contribution in [2.24, 2.45) is 11.5 Å². The maximum atomic E-state index is 4.89. The van der Waals surface area contributed by atoms with E-state index in [-0.39, 0.29) is 6.17 Å². The molecule has 0 spiro atoms. The smallest absolute Gasteiger partial charge is 0.0491 e. The van der Waals surface area contributed by atoms with Crippen LogP contribution in [-0.4, -0.2) is 6.17 Å². The van der Waals surface area contributed by atoms with Crippen LogP contribution >= 0.6 is 0 Å². The summed E-state index contributed by atoms with van der Waals surface area (Å²) in [5, 5.41) is 0. The van der Waals surface area contributed by atoms with Crippen molar-refractivity contribution in [3.63, 3.8) is 0 Å². The molecule has 0 atom stereocenters. The molecule has 2 nitrogen and oxygen atoms in total. The summed E-state index contributed by atoms with van der Waals surface area (Å²) in [4.78, 5) is 0. The second-order valence-corrected chi connectivity index (χ2v) is 0.859. The van der Waals surface area contributed by atoms with E-state index in [0.29, 0.717) is 0 Å². The fourth-order valence-corrected chi connectivity index (χ4v) is 0. The third-order valence-corrected chi connectivity index (χ3v) is 0. The predicted octanol–water partition coefficient (Wildman–Crippen LogP) is 1.30. The zero-order chi connectivity index (χ0) is 7.58. The van der Waals surface area contributed by atoms with Gasteiger partial charge in [-0.1, -0.05) is 27.7 Å². The molecule has 0 rings (SSSR count). The quantitative estimate of drug-likeness (QED) is 0.473. The van der Waals surface area contributed by atoms with Crippen LogP contribution in [0, 0.1) is 0 Å². The maximum Gasteiger partial charge on any atom is 0.0491 e. The first-order valence-corrected chi connectivity index (χ1v) is 3.24. The molecule has 0 amide bonds. The number of hydrogen-bond donors (Lipinski definition) is 2. The van der Waals surface area contributed by atoms with Gasteiger partial charge in [0.2, 0.25) is 0 Å². The average molecular weight is 120 g/mol. The van der Waals surface area contributed by atoms with Gasteiger partial charge in [0.15, 0.2) is 0 Å². The second-order valence-electron chi connectivity index (χ2n) is 0.859. The van der Waals surface area contributed by atoms with Crippen LogP contribution < -0.4 is 11.5 Å². The highest BCUT2D eigenvalue weighted by atomic mass is 14.8. The molecule has 0 aromatic carbocycles. The summed E-state index contributed by atoms with van der Waals surface area (Å²) < 4.78 is 0. The van der Waals surface area contributed by atoms with E-state index >= 15 is 0 Å². The first kappa shape index (κ1) is 15.7. The van der Waals surface area contributed by atoms with Crippen molar-refractivity contribution in [3.05, 3.63) is 0 Å². The lowest BCUT2D eigenvalue weighted by Gasteiger charge is -1.83. The maximum absolute atomic E-state index is 4.89. The fraction of sp³-hybridized carbons (Fsp3) is 1.00. The molecular formula is C6H20N2. The van der Waals surface area contributed by atoms with E-state index in [0.717, 1.165) is 0 Å². The van der Waals surface area contributed by atoms with Crippen molar-refractivity contribution >= 4 is 0 Å². The molecule has 0 bridgehead atoms. The van der Waals surface area contributed by atoms with E-state index in [1.807, 2.05) is 27.7 Å². The molecule has 0 fully saturated rings. The minimum atomic E-state index is -0.167. The van der Waals surface area contributed by atoms with Crippen LogP contribution in [0.1, 0.15) is 34.6 Å². The zero-order valence-corrected chi connectivity index (χ0v) is 6.73. The standard InChI is InChI=1S/C2H8N2.2C2H6/c1-2(3)4;2*1-2/h2H,3-4H2,1H3;2*1-2H3. The Labute approximate surface area is 53.3 Å². The molecule has 0 heterocycles. The molecule has 0 saturated heterocycles. The first-order valence-electron chi connectivity index (χ1n) is 3.24. The van der Waals surface area contributed by atoms with Crippen LogP contribution in [0.4, 0.5) is 0 Å². The molecular weight excluding hydrogens is 100 g/mol. The van der Waals surface area contributed by atoms with Crippen LogP contribution in [0.2, 0.25) is 0 Å². The minimum absolute atomic E-state index is 0.167. The molecule has 0 aliphatic rings. The van der Waals surface area contributed by atoms with E-state index in [1.165, 1.54) is 0 Å². The summed E-state index contributed by atoms with van der Waals surface area (Å²) in [7, 11) is 0. The second kappa shape index (κ2) is 28.4. The van der Waals surface area contributed by atoms with Crippen LogP contribution in [-0.2, 0) is 0 Å². The van der Waals surface area contributed by atoms with Gasteiger partial charge < -0.3 is 11.5 Å². The SMILES string of the molecule is CC.CC.CC(N)N. The Hall–Kier alpha value is -0.0800. The van der Waals surface area contributed by atoms with Gasteiger partial charge in [0.25, 0.3) is 0 Å². The molecule has 0 aromatic heterocycles. The molecule has 2 heteroatoms. The van der Waals surface area contributed by atoms with E-state index in [2.05, 4.69) is 0 Å². The van der Waals surface area contributed by atoms with Gasteiger partial charge in [-0.3, -0.25) is 0 Å². The number of rotatable bonds is 0. The van der Waals surface area contributed by atoms with Crippen molar-refractivity contribution < 1.29 is 0 Å².